The number of nitrogens with zero attached hydrogens (tertiary/aromatic N) is 4. The van der Waals surface area contributed by atoms with E-state index in [4.69, 9.17) is 10.5 Å². The van der Waals surface area contributed by atoms with Gasteiger partial charge < -0.3 is 15.4 Å². The van der Waals surface area contributed by atoms with Crippen LogP contribution < -0.4 is 10.5 Å². The Hall–Kier alpha value is -1.92. The molecule has 0 amide bonds. The van der Waals surface area contributed by atoms with Gasteiger partial charge in [0.15, 0.2) is 5.82 Å². The van der Waals surface area contributed by atoms with Gasteiger partial charge in [-0.2, -0.15) is 0 Å². The Morgan fingerprint density at radius 1 is 1.19 bits per heavy atom. The fourth-order valence-corrected chi connectivity index (χ4v) is 3.70. The molecule has 1 aliphatic rings. The smallest absolute Gasteiger partial charge is 0.322 e. The van der Waals surface area contributed by atoms with Crippen LogP contribution in [-0.4, -0.2) is 38.8 Å². The minimum Gasteiger partial charge on any atom is -0.424 e. The van der Waals surface area contributed by atoms with Gasteiger partial charge in [-0.25, -0.2) is 0 Å². The summed E-state index contributed by atoms with van der Waals surface area (Å²) in [7, 11) is 0. The Kier molecular flexibility index (Phi) is 5.94. The lowest BCUT2D eigenvalue weighted by Crippen LogP contribution is -2.37. The zero-order chi connectivity index (χ0) is 18.7. The predicted octanol–water partition coefficient (Wildman–Crippen LogP) is 3.70. The molecule has 1 fully saturated rings. The summed E-state index contributed by atoms with van der Waals surface area (Å²) in [6, 6.07) is 9.37. The summed E-state index contributed by atoms with van der Waals surface area (Å²) in [4.78, 5) is 2.55. The van der Waals surface area contributed by atoms with Crippen molar-refractivity contribution in [1.29, 1.82) is 0 Å². The van der Waals surface area contributed by atoms with Crippen LogP contribution in [0.4, 0.5) is 0 Å². The average molecular weight is 358 g/mol. The van der Waals surface area contributed by atoms with Gasteiger partial charge in [0.05, 0.1) is 6.04 Å². The molecule has 6 heteroatoms. The second-order valence-corrected chi connectivity index (χ2v) is 7.45. The molecule has 2 heterocycles. The van der Waals surface area contributed by atoms with Gasteiger partial charge in [-0.3, -0.25) is 4.57 Å². The third-order valence-electron chi connectivity index (χ3n) is 5.27. The van der Waals surface area contributed by atoms with Crippen LogP contribution in [0.2, 0.25) is 0 Å². The number of hydrogen-bond donors (Lipinski definition) is 1. The van der Waals surface area contributed by atoms with Crippen molar-refractivity contribution in [3.05, 3.63) is 35.7 Å². The average Bonchev–Trinajstić information content (AvgIpc) is 3.05. The molecule has 142 valence electrons. The van der Waals surface area contributed by atoms with Crippen molar-refractivity contribution in [3.8, 4) is 11.8 Å². The maximum Gasteiger partial charge on any atom is 0.322 e. The molecule has 6 nitrogen and oxygen atoms in total. The van der Waals surface area contributed by atoms with E-state index in [1.807, 2.05) is 24.5 Å². The Morgan fingerprint density at radius 3 is 2.54 bits per heavy atom. The van der Waals surface area contributed by atoms with Crippen LogP contribution in [0.15, 0.2) is 24.3 Å². The van der Waals surface area contributed by atoms with E-state index in [0.29, 0.717) is 18.0 Å². The second kappa shape index (κ2) is 8.18. The summed E-state index contributed by atoms with van der Waals surface area (Å²) in [5.74, 6) is 2.16. The lowest BCUT2D eigenvalue weighted by atomic mass is 9.89. The molecular formula is C20H31N5O. The van der Waals surface area contributed by atoms with E-state index >= 15 is 0 Å². The van der Waals surface area contributed by atoms with Gasteiger partial charge in [0.2, 0.25) is 0 Å². The zero-order valence-electron chi connectivity index (χ0n) is 16.4. The Balaban J connectivity index is 1.73. The van der Waals surface area contributed by atoms with Crippen molar-refractivity contribution in [2.75, 3.05) is 13.1 Å². The van der Waals surface area contributed by atoms with Gasteiger partial charge >= 0.3 is 6.01 Å². The molecule has 1 saturated heterocycles. The molecule has 2 aromatic rings. The van der Waals surface area contributed by atoms with Gasteiger partial charge in [-0.1, -0.05) is 17.2 Å². The van der Waals surface area contributed by atoms with Crippen LogP contribution in [-0.2, 0) is 6.54 Å². The van der Waals surface area contributed by atoms with Crippen molar-refractivity contribution in [1.82, 2.24) is 19.7 Å². The van der Waals surface area contributed by atoms with Crippen LogP contribution in [0.25, 0.3) is 0 Å². The molecule has 3 rings (SSSR count). The third kappa shape index (κ3) is 4.07. The molecule has 0 spiro atoms. The van der Waals surface area contributed by atoms with Crippen molar-refractivity contribution < 1.29 is 4.74 Å². The highest BCUT2D eigenvalue weighted by atomic mass is 16.5. The summed E-state index contributed by atoms with van der Waals surface area (Å²) >= 11 is 0. The normalized spacial score (nSPS) is 17.6. The molecule has 1 aromatic heterocycles. The fraction of sp³-hybridized carbons (Fsp3) is 0.600. The molecule has 0 aliphatic carbocycles. The first-order chi connectivity index (χ1) is 12.5. The zero-order valence-corrected chi connectivity index (χ0v) is 16.4. The quantitative estimate of drug-likeness (QED) is 0.854. The summed E-state index contributed by atoms with van der Waals surface area (Å²) in [6.07, 6.45) is 2.39. The van der Waals surface area contributed by atoms with Crippen molar-refractivity contribution in [2.24, 2.45) is 5.73 Å². The van der Waals surface area contributed by atoms with E-state index < -0.39 is 0 Å². The van der Waals surface area contributed by atoms with Crippen molar-refractivity contribution >= 4 is 0 Å². The lowest BCUT2D eigenvalue weighted by molar-refractivity contribution is 0.172. The summed E-state index contributed by atoms with van der Waals surface area (Å²) in [5, 5.41) is 8.36. The molecule has 0 radical (unpaired) electrons. The number of likely N-dealkylation sites (tertiary alicyclic amines) is 1. The number of piperidine rings is 1. The van der Waals surface area contributed by atoms with E-state index in [0.717, 1.165) is 31.2 Å². The highest BCUT2D eigenvalue weighted by molar-refractivity contribution is 5.33. The number of aromatic nitrogens is 3. The minimum atomic E-state index is -0.169. The van der Waals surface area contributed by atoms with E-state index in [2.05, 4.69) is 47.1 Å². The van der Waals surface area contributed by atoms with Gasteiger partial charge in [0.1, 0.15) is 5.75 Å². The second-order valence-electron chi connectivity index (χ2n) is 7.45. The van der Waals surface area contributed by atoms with Gasteiger partial charge in [-0.15, -0.1) is 5.10 Å². The first-order valence-electron chi connectivity index (χ1n) is 9.70. The molecule has 2 N–H and O–H groups in total. The monoisotopic (exact) mass is 357 g/mol. The molecule has 0 bridgehead atoms. The minimum absolute atomic E-state index is 0.169. The number of benzene rings is 1. The van der Waals surface area contributed by atoms with Crippen LogP contribution in [0.3, 0.4) is 0 Å². The standard InChI is InChI=1S/C20H31N5O/c1-5-25-19(15(4)21)22-23-20(25)26-18-8-6-7-17(13-18)16-9-11-24(12-10-16)14(2)3/h6-8,13-16H,5,9-12,21H2,1-4H3/t15-/m1/s1. The molecule has 0 saturated carbocycles. The highest BCUT2D eigenvalue weighted by Gasteiger charge is 2.22. The fourth-order valence-electron chi connectivity index (χ4n) is 3.70. The largest absolute Gasteiger partial charge is 0.424 e. The number of nitrogens with two attached hydrogens (primary N) is 1. The van der Waals surface area contributed by atoms with Crippen LogP contribution in [0.5, 0.6) is 11.8 Å². The van der Waals surface area contributed by atoms with Crippen LogP contribution in [0.1, 0.15) is 63.9 Å². The Morgan fingerprint density at radius 2 is 1.92 bits per heavy atom. The number of hydrogen-bond acceptors (Lipinski definition) is 5. The number of rotatable bonds is 6. The van der Waals surface area contributed by atoms with Gasteiger partial charge in [-0.05, 0) is 77.2 Å². The SMILES string of the molecule is CCn1c(Oc2cccc(C3CCN(C(C)C)CC3)c2)nnc1[C@@H](C)N. The predicted molar refractivity (Wildman–Crippen MR) is 103 cm³/mol. The molecule has 1 aliphatic heterocycles. The maximum atomic E-state index is 6.05. The van der Waals surface area contributed by atoms with E-state index in [1.54, 1.807) is 0 Å². The van der Waals surface area contributed by atoms with Crippen molar-refractivity contribution in [3.63, 3.8) is 0 Å². The summed E-state index contributed by atoms with van der Waals surface area (Å²) in [6.45, 7) is 11.5. The lowest BCUT2D eigenvalue weighted by Gasteiger charge is -2.34. The van der Waals surface area contributed by atoms with Crippen LogP contribution in [0, 0.1) is 0 Å². The molecular weight excluding hydrogens is 326 g/mol. The van der Waals surface area contributed by atoms with Gasteiger partial charge in [0.25, 0.3) is 0 Å². The molecule has 1 aromatic carbocycles. The van der Waals surface area contributed by atoms with E-state index in [-0.39, 0.29) is 6.04 Å². The Labute approximate surface area is 156 Å². The topological polar surface area (TPSA) is 69.2 Å². The first kappa shape index (κ1) is 18.9. The summed E-state index contributed by atoms with van der Waals surface area (Å²) < 4.78 is 7.97. The molecule has 1 atom stereocenters. The van der Waals surface area contributed by atoms with Gasteiger partial charge in [0, 0.05) is 12.6 Å². The maximum absolute atomic E-state index is 6.05. The summed E-state index contributed by atoms with van der Waals surface area (Å²) in [5.41, 5.74) is 7.32. The Bertz CT molecular complexity index is 717. The van der Waals surface area contributed by atoms with E-state index in [9.17, 15) is 0 Å². The highest BCUT2D eigenvalue weighted by Crippen LogP contribution is 2.32. The third-order valence-corrected chi connectivity index (χ3v) is 5.27. The number of ether oxygens (including phenoxy) is 1. The molecule has 0 unspecified atom stereocenters. The van der Waals surface area contributed by atoms with Crippen molar-refractivity contribution in [2.45, 2.75) is 65.1 Å². The molecule has 26 heavy (non-hydrogen) atoms. The van der Waals surface area contributed by atoms with Crippen LogP contribution >= 0.6 is 0 Å². The first-order valence-corrected chi connectivity index (χ1v) is 9.70. The van der Waals surface area contributed by atoms with E-state index in [1.165, 1.54) is 18.4 Å².